The second-order valence-electron chi connectivity index (χ2n) is 24.4. The first-order valence-electron chi connectivity index (χ1n) is 35.3. The number of carbonyl (C=O) groups is 3. The molecule has 0 spiro atoms. The summed E-state index contributed by atoms with van der Waals surface area (Å²) in [5.41, 5.74) is 0. The summed E-state index contributed by atoms with van der Waals surface area (Å²) in [4.78, 5) is 37.6. The third-order valence-corrected chi connectivity index (χ3v) is 14.9. The van der Waals surface area contributed by atoms with Crippen molar-refractivity contribution in [3.05, 3.63) is 134 Å². The Morgan fingerprint density at radius 3 is 0.920 bits per heavy atom. The quantitative estimate of drug-likeness (QED) is 0.0211. The Labute approximate surface area is 535 Å². The molecule has 0 aromatic rings. The summed E-state index contributed by atoms with van der Waals surface area (Å²) >= 11 is 0. The third-order valence-electron chi connectivity index (χ3n) is 14.9. The van der Waals surface area contributed by atoms with Crippen molar-refractivity contribution in [1.29, 1.82) is 0 Å². The smallest absolute Gasteiger partial charge is 0.361 e. The first kappa shape index (κ1) is 82.4. The highest BCUT2D eigenvalue weighted by Gasteiger charge is 2.25. The molecule has 0 heterocycles. The summed E-state index contributed by atoms with van der Waals surface area (Å²) in [7, 11) is 5.97. The van der Waals surface area contributed by atoms with Gasteiger partial charge in [0.25, 0.3) is 6.29 Å². The molecule has 0 amide bonds. The van der Waals surface area contributed by atoms with E-state index in [1.807, 2.05) is 21.1 Å². The number of hydrogen-bond acceptors (Lipinski definition) is 7. The standard InChI is InChI=1S/C78H131NO8/c1-6-8-10-12-14-16-18-20-22-24-26-28-30-32-33-34-35-36-37-38-39-40-41-42-43-45-47-49-51-53-55-57-59-61-63-65-67-69-76(81)87-74(73-86-78(77(82)83)84-71-70-79(3,4)5)72-85-75(80)68-66-64-62-60-58-56-54-52-50-48-46-44-31-29-27-25-23-21-19-17-15-13-11-9-7-2/h8-11,14-17,20-23,26-29,32-33,35-36,44,46,74,78H,6-7,12-13,18-19,24-25,30-31,34,37-43,45,47-73H2,1-5H3/p+1/b10-8-,11-9-,16-14-,17-15-,22-20-,23-21-,28-26-,29-27-,33-32-,36-35-,46-44-. The molecule has 2 unspecified atom stereocenters. The predicted molar refractivity (Wildman–Crippen MR) is 373 cm³/mol. The monoisotopic (exact) mass is 1210 g/mol. The van der Waals surface area contributed by atoms with E-state index in [-0.39, 0.29) is 38.6 Å². The van der Waals surface area contributed by atoms with Crippen LogP contribution in [0, 0.1) is 0 Å². The van der Waals surface area contributed by atoms with Crippen LogP contribution in [0.4, 0.5) is 0 Å². The lowest BCUT2D eigenvalue weighted by atomic mass is 10.0. The van der Waals surface area contributed by atoms with Gasteiger partial charge >= 0.3 is 17.9 Å². The van der Waals surface area contributed by atoms with E-state index in [9.17, 15) is 19.5 Å². The number of nitrogens with zero attached hydrogens (tertiary/aromatic N) is 1. The van der Waals surface area contributed by atoms with Crippen LogP contribution in [0.15, 0.2) is 134 Å². The molecule has 0 bridgehead atoms. The number of carbonyl (C=O) groups excluding carboxylic acids is 2. The van der Waals surface area contributed by atoms with E-state index in [4.69, 9.17) is 18.9 Å². The maximum atomic E-state index is 13.0. The highest BCUT2D eigenvalue weighted by molar-refractivity contribution is 5.71. The largest absolute Gasteiger partial charge is 0.477 e. The molecule has 0 radical (unpaired) electrons. The van der Waals surface area contributed by atoms with Crippen molar-refractivity contribution in [2.75, 3.05) is 47.5 Å². The van der Waals surface area contributed by atoms with Gasteiger partial charge < -0.3 is 28.5 Å². The number of rotatable bonds is 64. The number of carboxylic acid groups (broad SMARTS) is 1. The molecule has 0 aliphatic carbocycles. The van der Waals surface area contributed by atoms with Crippen LogP contribution in [0.3, 0.4) is 0 Å². The van der Waals surface area contributed by atoms with E-state index in [0.717, 1.165) is 122 Å². The minimum atomic E-state index is -1.52. The Balaban J connectivity index is 4.10. The van der Waals surface area contributed by atoms with Gasteiger partial charge in [-0.25, -0.2) is 4.79 Å². The normalized spacial score (nSPS) is 13.5. The van der Waals surface area contributed by atoms with Crippen LogP contribution in [0.2, 0.25) is 0 Å². The second kappa shape index (κ2) is 67.4. The van der Waals surface area contributed by atoms with Gasteiger partial charge in [-0.15, -0.1) is 0 Å². The highest BCUT2D eigenvalue weighted by Crippen LogP contribution is 2.17. The van der Waals surface area contributed by atoms with Gasteiger partial charge in [-0.2, -0.15) is 0 Å². The molecule has 496 valence electrons. The fourth-order valence-electron chi connectivity index (χ4n) is 9.58. The van der Waals surface area contributed by atoms with Crippen molar-refractivity contribution in [1.82, 2.24) is 0 Å². The van der Waals surface area contributed by atoms with Crippen molar-refractivity contribution >= 4 is 17.9 Å². The average molecular weight is 1210 g/mol. The SMILES string of the molecule is CC/C=C\C/C=C\C/C=C\C/C=C\C/C=C\C/C=C\CCCCCCCCCCCCCCCCCCCCC(=O)OC(COC(=O)CCCCCCCCCCC/C=C\C/C=C\C/C=C\C/C=C\C/C=C\CC)COC(OCC[N+](C)(C)C)C(=O)O. The number of allylic oxidation sites excluding steroid dienone is 22. The number of ether oxygens (including phenoxy) is 4. The zero-order valence-corrected chi connectivity index (χ0v) is 56.6. The van der Waals surface area contributed by atoms with E-state index >= 15 is 0 Å². The first-order chi connectivity index (χ1) is 42.6. The molecule has 9 nitrogen and oxygen atoms in total. The molecule has 0 aromatic heterocycles. The molecule has 0 aromatic carbocycles. The minimum absolute atomic E-state index is 0.182. The summed E-state index contributed by atoms with van der Waals surface area (Å²) in [6.45, 7) is 4.65. The Kier molecular flexibility index (Phi) is 63.8. The van der Waals surface area contributed by atoms with Crippen LogP contribution in [-0.2, 0) is 33.3 Å². The fraction of sp³-hybridized carbons (Fsp3) is 0.679. The van der Waals surface area contributed by atoms with Gasteiger partial charge in [0, 0.05) is 12.8 Å². The van der Waals surface area contributed by atoms with E-state index in [1.54, 1.807) is 0 Å². The van der Waals surface area contributed by atoms with Crippen LogP contribution in [-0.4, -0.2) is 87.4 Å². The zero-order chi connectivity index (χ0) is 63.3. The van der Waals surface area contributed by atoms with Gasteiger partial charge in [0.05, 0.1) is 34.4 Å². The number of quaternary nitrogens is 1. The molecule has 1 N–H and O–H groups in total. The van der Waals surface area contributed by atoms with Gasteiger partial charge in [-0.05, 0) is 109 Å². The maximum Gasteiger partial charge on any atom is 0.361 e. The van der Waals surface area contributed by atoms with Crippen molar-refractivity contribution in [3.8, 4) is 0 Å². The van der Waals surface area contributed by atoms with Gasteiger partial charge in [0.2, 0.25) is 0 Å². The fourth-order valence-corrected chi connectivity index (χ4v) is 9.58. The summed E-state index contributed by atoms with van der Waals surface area (Å²) in [5, 5.41) is 9.75. The predicted octanol–water partition coefficient (Wildman–Crippen LogP) is 22.1. The molecule has 0 saturated carbocycles. The van der Waals surface area contributed by atoms with E-state index < -0.39 is 24.3 Å². The number of unbranched alkanes of at least 4 members (excludes halogenated alkanes) is 27. The maximum absolute atomic E-state index is 13.0. The lowest BCUT2D eigenvalue weighted by Gasteiger charge is -2.25. The molecular formula is C78H132NO8+. The summed E-state index contributed by atoms with van der Waals surface area (Å²) in [5.74, 6) is -2.01. The summed E-state index contributed by atoms with van der Waals surface area (Å²) in [6.07, 6.45) is 94.2. The third kappa shape index (κ3) is 68.8. The van der Waals surface area contributed by atoms with Crippen molar-refractivity contribution < 1.29 is 42.9 Å². The van der Waals surface area contributed by atoms with Gasteiger partial charge in [-0.1, -0.05) is 295 Å². The number of carboxylic acids is 1. The highest BCUT2D eigenvalue weighted by atomic mass is 16.7. The van der Waals surface area contributed by atoms with E-state index in [0.29, 0.717) is 11.0 Å². The Morgan fingerprint density at radius 1 is 0.345 bits per heavy atom. The molecule has 9 heteroatoms. The Bertz CT molecular complexity index is 1890. The molecular weight excluding hydrogens is 1080 g/mol. The lowest BCUT2D eigenvalue weighted by molar-refractivity contribution is -0.870. The van der Waals surface area contributed by atoms with Crippen molar-refractivity contribution in [2.24, 2.45) is 0 Å². The second-order valence-corrected chi connectivity index (χ2v) is 24.4. The number of hydrogen-bond donors (Lipinski definition) is 1. The Hall–Kier alpha value is -4.57. The van der Waals surface area contributed by atoms with Crippen molar-refractivity contribution in [3.63, 3.8) is 0 Å². The van der Waals surface area contributed by atoms with Crippen LogP contribution in [0.5, 0.6) is 0 Å². The number of aliphatic carboxylic acids is 1. The summed E-state index contributed by atoms with van der Waals surface area (Å²) in [6, 6.07) is 0. The van der Waals surface area contributed by atoms with Crippen LogP contribution >= 0.6 is 0 Å². The molecule has 0 aliphatic heterocycles. The van der Waals surface area contributed by atoms with Crippen LogP contribution < -0.4 is 0 Å². The van der Waals surface area contributed by atoms with E-state index in [1.165, 1.54) is 135 Å². The molecule has 2 atom stereocenters. The number of likely N-dealkylation sites (N-methyl/N-ethyl adjacent to an activating group) is 1. The van der Waals surface area contributed by atoms with Crippen LogP contribution in [0.25, 0.3) is 0 Å². The average Bonchev–Trinajstić information content (AvgIpc) is 3.57. The lowest BCUT2D eigenvalue weighted by Crippen LogP contribution is -2.40. The molecule has 0 aliphatic rings. The summed E-state index contributed by atoms with van der Waals surface area (Å²) < 4.78 is 23.0. The molecule has 0 fully saturated rings. The molecule has 0 saturated heterocycles. The Morgan fingerprint density at radius 2 is 0.621 bits per heavy atom. The number of esters is 2. The molecule has 87 heavy (non-hydrogen) atoms. The first-order valence-corrected chi connectivity index (χ1v) is 35.3. The van der Waals surface area contributed by atoms with Gasteiger partial charge in [0.15, 0.2) is 6.10 Å². The van der Waals surface area contributed by atoms with Gasteiger partial charge in [0.1, 0.15) is 13.2 Å². The van der Waals surface area contributed by atoms with Crippen molar-refractivity contribution in [2.45, 2.75) is 296 Å². The van der Waals surface area contributed by atoms with Crippen LogP contribution in [0.1, 0.15) is 284 Å². The topological polar surface area (TPSA) is 108 Å². The zero-order valence-electron chi connectivity index (χ0n) is 56.6. The molecule has 0 rings (SSSR count). The van der Waals surface area contributed by atoms with E-state index in [2.05, 4.69) is 148 Å². The minimum Gasteiger partial charge on any atom is -0.477 e. The van der Waals surface area contributed by atoms with Gasteiger partial charge in [-0.3, -0.25) is 9.59 Å².